The third-order valence-corrected chi connectivity index (χ3v) is 3.35. The van der Waals surface area contributed by atoms with Crippen molar-refractivity contribution in [3.63, 3.8) is 0 Å². The first kappa shape index (κ1) is 17.9. The fraction of sp³-hybridized carbons (Fsp3) is 0.333. The van der Waals surface area contributed by atoms with E-state index in [0.29, 0.717) is 19.8 Å². The van der Waals surface area contributed by atoms with Gasteiger partial charge in [-0.25, -0.2) is 0 Å². The summed E-state index contributed by atoms with van der Waals surface area (Å²) < 4.78 is 5.31. The van der Waals surface area contributed by atoms with Crippen molar-refractivity contribution >= 4 is 22.7 Å². The standard InChI is InChI=1S/C18H25N5O/c1-23(2)18-9-7-17(8-10-18)22-21-16-5-3-15(4-6-16)20-12-14-24-13-11-19/h3-10,20H,11-14,19H2,1-2H3/b22-21+. The van der Waals surface area contributed by atoms with Crippen molar-refractivity contribution in [2.45, 2.75) is 0 Å². The van der Waals surface area contributed by atoms with Gasteiger partial charge in [0.2, 0.25) is 0 Å². The lowest BCUT2D eigenvalue weighted by atomic mass is 10.3. The molecule has 0 aromatic heterocycles. The lowest BCUT2D eigenvalue weighted by Gasteiger charge is -2.11. The molecule has 2 aromatic carbocycles. The quantitative estimate of drug-likeness (QED) is 0.545. The minimum absolute atomic E-state index is 0.553. The molecule has 0 amide bonds. The summed E-state index contributed by atoms with van der Waals surface area (Å²) in [5.74, 6) is 0. The van der Waals surface area contributed by atoms with Crippen LogP contribution in [0.1, 0.15) is 0 Å². The molecule has 0 radical (unpaired) electrons. The Kier molecular flexibility index (Phi) is 7.20. The molecule has 0 heterocycles. The van der Waals surface area contributed by atoms with Crippen LogP contribution in [-0.2, 0) is 4.74 Å². The lowest BCUT2D eigenvalue weighted by Crippen LogP contribution is -2.14. The van der Waals surface area contributed by atoms with E-state index in [9.17, 15) is 0 Å². The van der Waals surface area contributed by atoms with Crippen LogP contribution in [0.4, 0.5) is 22.7 Å². The number of rotatable bonds is 9. The van der Waals surface area contributed by atoms with E-state index in [0.717, 1.165) is 29.3 Å². The van der Waals surface area contributed by atoms with Crippen LogP contribution in [0.5, 0.6) is 0 Å². The fourth-order valence-electron chi connectivity index (χ4n) is 2.03. The molecule has 0 aliphatic rings. The van der Waals surface area contributed by atoms with Gasteiger partial charge in [-0.1, -0.05) is 0 Å². The van der Waals surface area contributed by atoms with Gasteiger partial charge in [0.05, 0.1) is 24.6 Å². The Morgan fingerprint density at radius 3 is 2.04 bits per heavy atom. The molecule has 0 atom stereocenters. The Balaban J connectivity index is 1.84. The number of nitrogens with one attached hydrogen (secondary N) is 1. The molecule has 2 aromatic rings. The molecule has 0 unspecified atom stereocenters. The third-order valence-electron chi connectivity index (χ3n) is 3.35. The van der Waals surface area contributed by atoms with E-state index < -0.39 is 0 Å². The SMILES string of the molecule is CN(C)c1ccc(/N=N/c2ccc(NCCOCCN)cc2)cc1. The summed E-state index contributed by atoms with van der Waals surface area (Å²) in [4.78, 5) is 2.05. The van der Waals surface area contributed by atoms with E-state index >= 15 is 0 Å². The van der Waals surface area contributed by atoms with Crippen molar-refractivity contribution in [3.8, 4) is 0 Å². The highest BCUT2D eigenvalue weighted by Gasteiger charge is 1.96. The van der Waals surface area contributed by atoms with Crippen LogP contribution in [0.15, 0.2) is 58.8 Å². The first-order valence-corrected chi connectivity index (χ1v) is 8.00. The predicted octanol–water partition coefficient (Wildman–Crippen LogP) is 3.56. The monoisotopic (exact) mass is 327 g/mol. The second kappa shape index (κ2) is 9.64. The first-order valence-electron chi connectivity index (χ1n) is 8.00. The van der Waals surface area contributed by atoms with Gasteiger partial charge in [0, 0.05) is 38.6 Å². The highest BCUT2D eigenvalue weighted by Crippen LogP contribution is 2.22. The molecule has 0 aliphatic heterocycles. The summed E-state index contributed by atoms with van der Waals surface area (Å²) in [5.41, 5.74) is 9.18. The summed E-state index contributed by atoms with van der Waals surface area (Å²) in [6.07, 6.45) is 0. The van der Waals surface area contributed by atoms with E-state index in [2.05, 4.69) is 15.5 Å². The molecular weight excluding hydrogens is 302 g/mol. The zero-order chi connectivity index (χ0) is 17.2. The number of ether oxygens (including phenoxy) is 1. The Bertz CT molecular complexity index is 623. The van der Waals surface area contributed by atoms with Gasteiger partial charge in [0.15, 0.2) is 0 Å². The highest BCUT2D eigenvalue weighted by molar-refractivity contribution is 5.53. The predicted molar refractivity (Wildman–Crippen MR) is 99.8 cm³/mol. The van der Waals surface area contributed by atoms with Crippen LogP contribution in [0.2, 0.25) is 0 Å². The van der Waals surface area contributed by atoms with Crippen molar-refractivity contribution in [1.82, 2.24) is 0 Å². The second-order valence-corrected chi connectivity index (χ2v) is 5.49. The number of nitrogens with two attached hydrogens (primary N) is 1. The summed E-state index contributed by atoms with van der Waals surface area (Å²) in [5, 5.41) is 11.8. The number of anilines is 2. The van der Waals surface area contributed by atoms with Gasteiger partial charge in [-0.2, -0.15) is 10.2 Å². The summed E-state index contributed by atoms with van der Waals surface area (Å²) >= 11 is 0. The Labute approximate surface area is 143 Å². The molecule has 2 rings (SSSR count). The molecule has 6 nitrogen and oxygen atoms in total. The number of nitrogens with zero attached hydrogens (tertiary/aromatic N) is 3. The van der Waals surface area contributed by atoms with Gasteiger partial charge < -0.3 is 20.7 Å². The maximum absolute atomic E-state index is 5.36. The molecule has 0 spiro atoms. The lowest BCUT2D eigenvalue weighted by molar-refractivity contribution is 0.151. The van der Waals surface area contributed by atoms with Crippen molar-refractivity contribution in [2.75, 3.05) is 50.6 Å². The van der Waals surface area contributed by atoms with Crippen LogP contribution in [0.25, 0.3) is 0 Å². The third kappa shape index (κ3) is 5.98. The Hall–Kier alpha value is -2.44. The molecule has 0 saturated heterocycles. The molecule has 3 N–H and O–H groups in total. The second-order valence-electron chi connectivity index (χ2n) is 5.49. The molecule has 0 fully saturated rings. The Morgan fingerprint density at radius 2 is 1.50 bits per heavy atom. The van der Waals surface area contributed by atoms with Crippen molar-refractivity contribution < 1.29 is 4.74 Å². The first-order chi connectivity index (χ1) is 11.7. The van der Waals surface area contributed by atoms with Gasteiger partial charge in [0.1, 0.15) is 0 Å². The molecule has 0 bridgehead atoms. The molecule has 0 saturated carbocycles. The summed E-state index contributed by atoms with van der Waals surface area (Å²) in [6, 6.07) is 15.8. The molecular formula is C18H25N5O. The van der Waals surface area contributed by atoms with Gasteiger partial charge in [-0.3, -0.25) is 0 Å². The maximum atomic E-state index is 5.36. The van der Waals surface area contributed by atoms with E-state index in [1.54, 1.807) is 0 Å². The molecule has 24 heavy (non-hydrogen) atoms. The van der Waals surface area contributed by atoms with Gasteiger partial charge in [0.25, 0.3) is 0 Å². The number of hydrogen-bond donors (Lipinski definition) is 2. The fourth-order valence-corrected chi connectivity index (χ4v) is 2.03. The van der Waals surface area contributed by atoms with Gasteiger partial charge in [-0.15, -0.1) is 0 Å². The zero-order valence-corrected chi connectivity index (χ0v) is 14.3. The van der Waals surface area contributed by atoms with Gasteiger partial charge >= 0.3 is 0 Å². The van der Waals surface area contributed by atoms with Crippen molar-refractivity contribution in [1.29, 1.82) is 0 Å². The maximum Gasteiger partial charge on any atom is 0.0858 e. The van der Waals surface area contributed by atoms with Gasteiger partial charge in [-0.05, 0) is 48.5 Å². The smallest absolute Gasteiger partial charge is 0.0858 e. The van der Waals surface area contributed by atoms with E-state index in [1.807, 2.05) is 67.5 Å². The van der Waals surface area contributed by atoms with Crippen LogP contribution in [0, 0.1) is 0 Å². The van der Waals surface area contributed by atoms with E-state index in [1.165, 1.54) is 0 Å². The normalized spacial score (nSPS) is 11.0. The number of hydrogen-bond acceptors (Lipinski definition) is 6. The zero-order valence-electron chi connectivity index (χ0n) is 14.3. The minimum atomic E-state index is 0.553. The van der Waals surface area contributed by atoms with Crippen LogP contribution < -0.4 is 16.0 Å². The molecule has 128 valence electrons. The minimum Gasteiger partial charge on any atom is -0.383 e. The van der Waals surface area contributed by atoms with E-state index in [-0.39, 0.29) is 0 Å². The Morgan fingerprint density at radius 1 is 0.917 bits per heavy atom. The number of benzene rings is 2. The van der Waals surface area contributed by atoms with Crippen LogP contribution in [-0.4, -0.2) is 40.4 Å². The average Bonchev–Trinajstić information content (AvgIpc) is 2.61. The largest absolute Gasteiger partial charge is 0.383 e. The van der Waals surface area contributed by atoms with Crippen LogP contribution >= 0.6 is 0 Å². The van der Waals surface area contributed by atoms with Crippen molar-refractivity contribution in [2.24, 2.45) is 16.0 Å². The summed E-state index contributed by atoms with van der Waals surface area (Å²) in [6.45, 7) is 2.54. The number of azo groups is 1. The topological polar surface area (TPSA) is 75.2 Å². The average molecular weight is 327 g/mol. The van der Waals surface area contributed by atoms with Crippen molar-refractivity contribution in [3.05, 3.63) is 48.5 Å². The van der Waals surface area contributed by atoms with E-state index in [4.69, 9.17) is 10.5 Å². The molecule has 0 aliphatic carbocycles. The highest BCUT2D eigenvalue weighted by atomic mass is 16.5. The summed E-state index contributed by atoms with van der Waals surface area (Å²) in [7, 11) is 4.02. The molecule has 6 heteroatoms. The van der Waals surface area contributed by atoms with Crippen LogP contribution in [0.3, 0.4) is 0 Å².